The Bertz CT molecular complexity index is 428. The standard InChI is InChI=1S/C13H12O2/c1-3-7-10(4-2)13(15)11-8-5-6-9-12(11)14/h3-9,14H,1-2H2/b10-7+. The number of rotatable bonds is 4. The predicted molar refractivity (Wildman–Crippen MR) is 60.9 cm³/mol. The smallest absolute Gasteiger partial charge is 0.196 e. The van der Waals surface area contributed by atoms with E-state index >= 15 is 0 Å². The molecular weight excluding hydrogens is 188 g/mol. The van der Waals surface area contributed by atoms with Gasteiger partial charge in [0.25, 0.3) is 0 Å². The van der Waals surface area contributed by atoms with E-state index in [1.807, 2.05) is 0 Å². The highest BCUT2D eigenvalue weighted by Gasteiger charge is 2.12. The fraction of sp³-hybridized carbons (Fsp3) is 0. The number of carbonyl (C=O) groups is 1. The van der Waals surface area contributed by atoms with Crippen LogP contribution in [0.25, 0.3) is 0 Å². The number of allylic oxidation sites excluding steroid dienone is 4. The molecule has 0 aliphatic heterocycles. The topological polar surface area (TPSA) is 37.3 Å². The molecule has 0 bridgehead atoms. The molecule has 0 spiro atoms. The lowest BCUT2D eigenvalue weighted by Crippen LogP contribution is -2.01. The van der Waals surface area contributed by atoms with E-state index in [9.17, 15) is 9.90 Å². The van der Waals surface area contributed by atoms with Gasteiger partial charge in [-0.1, -0.05) is 43.5 Å². The molecule has 0 unspecified atom stereocenters. The normalized spacial score (nSPS) is 10.8. The number of phenolic OH excluding ortho intramolecular Hbond substituents is 1. The average Bonchev–Trinajstić information content (AvgIpc) is 2.25. The minimum absolute atomic E-state index is 0.0284. The van der Waals surface area contributed by atoms with E-state index in [4.69, 9.17) is 0 Å². The van der Waals surface area contributed by atoms with Crippen LogP contribution in [-0.2, 0) is 0 Å². The van der Waals surface area contributed by atoms with Gasteiger partial charge >= 0.3 is 0 Å². The van der Waals surface area contributed by atoms with Crippen molar-refractivity contribution in [3.63, 3.8) is 0 Å². The Morgan fingerprint density at radius 3 is 2.47 bits per heavy atom. The number of carbonyl (C=O) groups excluding carboxylic acids is 1. The third-order valence-corrected chi connectivity index (χ3v) is 1.93. The van der Waals surface area contributed by atoms with Gasteiger partial charge in [-0.15, -0.1) is 0 Å². The third-order valence-electron chi connectivity index (χ3n) is 1.93. The van der Waals surface area contributed by atoms with E-state index in [1.165, 1.54) is 18.2 Å². The molecule has 0 aliphatic rings. The number of aromatic hydroxyl groups is 1. The zero-order valence-electron chi connectivity index (χ0n) is 8.31. The van der Waals surface area contributed by atoms with Crippen LogP contribution in [-0.4, -0.2) is 10.9 Å². The molecule has 15 heavy (non-hydrogen) atoms. The van der Waals surface area contributed by atoms with Gasteiger partial charge < -0.3 is 5.11 Å². The summed E-state index contributed by atoms with van der Waals surface area (Å²) in [5.41, 5.74) is 0.678. The third kappa shape index (κ3) is 2.44. The Balaban J connectivity index is 3.14. The summed E-state index contributed by atoms with van der Waals surface area (Å²) in [4.78, 5) is 11.8. The maximum atomic E-state index is 11.8. The van der Waals surface area contributed by atoms with Crippen molar-refractivity contribution in [3.05, 3.63) is 66.8 Å². The first-order valence-electron chi connectivity index (χ1n) is 4.48. The molecule has 0 radical (unpaired) electrons. The van der Waals surface area contributed by atoms with Crippen LogP contribution < -0.4 is 0 Å². The summed E-state index contributed by atoms with van der Waals surface area (Å²) in [6.45, 7) is 7.05. The number of benzene rings is 1. The number of hydrogen-bond donors (Lipinski definition) is 1. The summed E-state index contributed by atoms with van der Waals surface area (Å²) in [6.07, 6.45) is 4.51. The summed E-state index contributed by atoms with van der Waals surface area (Å²) in [5.74, 6) is -0.290. The van der Waals surface area contributed by atoms with Crippen molar-refractivity contribution in [2.24, 2.45) is 0 Å². The molecule has 0 amide bonds. The number of Topliss-reactive ketones (excluding diaryl/α,β-unsaturated/α-hetero) is 1. The number of ketones is 1. The fourth-order valence-electron chi connectivity index (χ4n) is 1.18. The van der Waals surface area contributed by atoms with E-state index in [0.29, 0.717) is 5.57 Å². The molecule has 1 N–H and O–H groups in total. The second kappa shape index (κ2) is 4.96. The molecule has 0 saturated carbocycles. The first-order valence-corrected chi connectivity index (χ1v) is 4.48. The van der Waals surface area contributed by atoms with Gasteiger partial charge in [-0.3, -0.25) is 4.79 Å². The first kappa shape index (κ1) is 11.0. The molecule has 0 fully saturated rings. The highest BCUT2D eigenvalue weighted by molar-refractivity contribution is 6.12. The summed E-state index contributed by atoms with van der Waals surface area (Å²) in [6, 6.07) is 6.40. The lowest BCUT2D eigenvalue weighted by atomic mass is 10.0. The Hall–Kier alpha value is -2.09. The van der Waals surface area contributed by atoms with Crippen molar-refractivity contribution in [1.82, 2.24) is 0 Å². The lowest BCUT2D eigenvalue weighted by Gasteiger charge is -2.03. The van der Waals surface area contributed by atoms with Crippen LogP contribution in [0.4, 0.5) is 0 Å². The number of hydrogen-bond acceptors (Lipinski definition) is 2. The summed E-state index contributed by atoms with van der Waals surface area (Å²) in [7, 11) is 0. The number of para-hydroxylation sites is 1. The van der Waals surface area contributed by atoms with Gasteiger partial charge in [0, 0.05) is 5.57 Å². The van der Waals surface area contributed by atoms with Gasteiger partial charge in [-0.05, 0) is 12.1 Å². The molecule has 0 heterocycles. The van der Waals surface area contributed by atoms with Gasteiger partial charge in [0.2, 0.25) is 0 Å². The number of phenols is 1. The average molecular weight is 200 g/mol. The molecule has 2 nitrogen and oxygen atoms in total. The molecular formula is C13H12O2. The van der Waals surface area contributed by atoms with Crippen LogP contribution >= 0.6 is 0 Å². The minimum atomic E-state index is -0.261. The molecule has 76 valence electrons. The highest BCUT2D eigenvalue weighted by atomic mass is 16.3. The Morgan fingerprint density at radius 2 is 1.93 bits per heavy atom. The molecule has 0 aromatic heterocycles. The van der Waals surface area contributed by atoms with Crippen LogP contribution in [0.5, 0.6) is 5.75 Å². The zero-order chi connectivity index (χ0) is 11.3. The molecule has 0 atom stereocenters. The second-order valence-electron chi connectivity index (χ2n) is 2.91. The largest absolute Gasteiger partial charge is 0.507 e. The van der Waals surface area contributed by atoms with E-state index in [1.54, 1.807) is 24.3 Å². The monoisotopic (exact) mass is 200 g/mol. The highest BCUT2D eigenvalue weighted by Crippen LogP contribution is 2.19. The molecule has 2 heteroatoms. The molecule has 0 aliphatic carbocycles. The maximum absolute atomic E-state index is 11.8. The van der Waals surface area contributed by atoms with Crippen molar-refractivity contribution < 1.29 is 9.90 Å². The van der Waals surface area contributed by atoms with Crippen LogP contribution in [0.2, 0.25) is 0 Å². The van der Waals surface area contributed by atoms with Gasteiger partial charge in [-0.25, -0.2) is 0 Å². The van der Waals surface area contributed by atoms with Crippen LogP contribution in [0.3, 0.4) is 0 Å². The van der Waals surface area contributed by atoms with Crippen LogP contribution in [0.1, 0.15) is 10.4 Å². The van der Waals surface area contributed by atoms with Gasteiger partial charge in [-0.2, -0.15) is 0 Å². The van der Waals surface area contributed by atoms with E-state index in [0.717, 1.165) is 0 Å². The van der Waals surface area contributed by atoms with Crippen LogP contribution in [0, 0.1) is 0 Å². The lowest BCUT2D eigenvalue weighted by molar-refractivity contribution is 0.103. The molecule has 1 aromatic carbocycles. The summed E-state index contributed by atoms with van der Waals surface area (Å²) >= 11 is 0. The van der Waals surface area contributed by atoms with E-state index in [-0.39, 0.29) is 17.1 Å². The predicted octanol–water partition coefficient (Wildman–Crippen LogP) is 2.87. The molecule has 1 rings (SSSR count). The summed E-state index contributed by atoms with van der Waals surface area (Å²) < 4.78 is 0. The summed E-state index contributed by atoms with van der Waals surface area (Å²) in [5, 5.41) is 9.49. The molecule has 0 saturated heterocycles. The van der Waals surface area contributed by atoms with Crippen molar-refractivity contribution >= 4 is 5.78 Å². The maximum Gasteiger partial charge on any atom is 0.196 e. The van der Waals surface area contributed by atoms with Crippen molar-refractivity contribution in [3.8, 4) is 5.75 Å². The second-order valence-corrected chi connectivity index (χ2v) is 2.91. The Kier molecular flexibility index (Phi) is 3.63. The van der Waals surface area contributed by atoms with E-state index < -0.39 is 0 Å². The van der Waals surface area contributed by atoms with Crippen molar-refractivity contribution in [2.45, 2.75) is 0 Å². The van der Waals surface area contributed by atoms with Crippen molar-refractivity contribution in [2.75, 3.05) is 0 Å². The van der Waals surface area contributed by atoms with Gasteiger partial charge in [0.15, 0.2) is 5.78 Å². The Morgan fingerprint density at radius 1 is 1.27 bits per heavy atom. The van der Waals surface area contributed by atoms with E-state index in [2.05, 4.69) is 13.2 Å². The molecule has 1 aromatic rings. The first-order chi connectivity index (χ1) is 7.20. The zero-order valence-corrected chi connectivity index (χ0v) is 8.31. The van der Waals surface area contributed by atoms with Crippen LogP contribution in [0.15, 0.2) is 61.2 Å². The Labute approximate surface area is 88.9 Å². The van der Waals surface area contributed by atoms with Crippen molar-refractivity contribution in [1.29, 1.82) is 0 Å². The van der Waals surface area contributed by atoms with Gasteiger partial charge in [0.05, 0.1) is 5.56 Å². The minimum Gasteiger partial charge on any atom is -0.507 e. The van der Waals surface area contributed by atoms with Gasteiger partial charge in [0.1, 0.15) is 5.75 Å². The quantitative estimate of drug-likeness (QED) is 0.461. The fourth-order valence-corrected chi connectivity index (χ4v) is 1.18. The SMILES string of the molecule is C=C/C=C(\C=C)C(=O)c1ccccc1O.